The monoisotopic (exact) mass is 203 g/mol. The molecule has 3 nitrogen and oxygen atoms in total. The lowest BCUT2D eigenvalue weighted by Gasteiger charge is -2.22. The van der Waals surface area contributed by atoms with Crippen molar-refractivity contribution in [3.63, 3.8) is 0 Å². The van der Waals surface area contributed by atoms with Gasteiger partial charge in [0.2, 0.25) is 0 Å². The van der Waals surface area contributed by atoms with Gasteiger partial charge >= 0.3 is 0 Å². The summed E-state index contributed by atoms with van der Waals surface area (Å²) >= 11 is 0. The van der Waals surface area contributed by atoms with Crippen molar-refractivity contribution < 1.29 is 0 Å². The van der Waals surface area contributed by atoms with Crippen LogP contribution in [0.4, 0.5) is 5.69 Å². The highest BCUT2D eigenvalue weighted by Gasteiger charge is 2.08. The molecule has 15 heavy (non-hydrogen) atoms. The molecular formula is C12H17N3. The molecule has 1 aromatic rings. The number of hydrogen-bond acceptors (Lipinski definition) is 3. The molecule has 1 rings (SSSR count). The van der Waals surface area contributed by atoms with E-state index in [1.165, 1.54) is 0 Å². The summed E-state index contributed by atoms with van der Waals surface area (Å²) < 4.78 is 0. The number of nitrogens with one attached hydrogen (secondary N) is 1. The first-order valence-electron chi connectivity index (χ1n) is 5.17. The molecule has 0 saturated heterocycles. The molecule has 0 heterocycles. The van der Waals surface area contributed by atoms with Crippen LogP contribution < -0.4 is 10.2 Å². The number of nitrogens with zero attached hydrogens (tertiary/aromatic N) is 2. The van der Waals surface area contributed by atoms with Crippen LogP contribution in [-0.2, 0) is 0 Å². The van der Waals surface area contributed by atoms with Gasteiger partial charge in [-0.05, 0) is 18.7 Å². The van der Waals surface area contributed by atoms with Crippen LogP contribution in [0.15, 0.2) is 30.3 Å². The summed E-state index contributed by atoms with van der Waals surface area (Å²) in [5.41, 5.74) is 1.13. The zero-order valence-corrected chi connectivity index (χ0v) is 9.27. The number of para-hydroxylation sites is 1. The lowest BCUT2D eigenvalue weighted by atomic mass is 10.2. The van der Waals surface area contributed by atoms with Crippen molar-refractivity contribution in [2.75, 3.05) is 25.0 Å². The van der Waals surface area contributed by atoms with E-state index in [1.807, 2.05) is 44.3 Å². The third-order valence-corrected chi connectivity index (χ3v) is 2.26. The van der Waals surface area contributed by atoms with Crippen LogP contribution in [0.3, 0.4) is 0 Å². The molecular weight excluding hydrogens is 186 g/mol. The maximum Gasteiger partial charge on any atom is 0.113 e. The van der Waals surface area contributed by atoms with Crippen molar-refractivity contribution in [1.82, 2.24) is 5.32 Å². The number of rotatable bonds is 5. The quantitative estimate of drug-likeness (QED) is 0.790. The standard InChI is InChI=1S/C12H17N3/c1-3-14-11(9-13)10-15(2)12-7-5-4-6-8-12/h4-8,11,14H,3,10H2,1-2H3. The molecule has 0 saturated carbocycles. The fourth-order valence-electron chi connectivity index (χ4n) is 1.46. The summed E-state index contributed by atoms with van der Waals surface area (Å²) in [7, 11) is 2.00. The lowest BCUT2D eigenvalue weighted by molar-refractivity contribution is 0.618. The van der Waals surface area contributed by atoms with Gasteiger partial charge in [0.25, 0.3) is 0 Å². The van der Waals surface area contributed by atoms with Gasteiger partial charge in [-0.15, -0.1) is 0 Å². The second-order valence-electron chi connectivity index (χ2n) is 3.46. The topological polar surface area (TPSA) is 39.1 Å². The predicted molar refractivity (Wildman–Crippen MR) is 62.8 cm³/mol. The highest BCUT2D eigenvalue weighted by atomic mass is 15.1. The zero-order chi connectivity index (χ0) is 11.1. The Morgan fingerprint density at radius 2 is 2.07 bits per heavy atom. The van der Waals surface area contributed by atoms with Gasteiger partial charge in [0, 0.05) is 19.3 Å². The molecule has 0 aliphatic carbocycles. The van der Waals surface area contributed by atoms with Crippen molar-refractivity contribution >= 4 is 5.69 Å². The summed E-state index contributed by atoms with van der Waals surface area (Å²) in [6.45, 7) is 3.53. The molecule has 1 atom stereocenters. The Morgan fingerprint density at radius 1 is 1.40 bits per heavy atom. The highest BCUT2D eigenvalue weighted by Crippen LogP contribution is 2.10. The van der Waals surface area contributed by atoms with E-state index < -0.39 is 0 Å². The Labute approximate surface area is 91.3 Å². The smallest absolute Gasteiger partial charge is 0.113 e. The van der Waals surface area contributed by atoms with E-state index in [-0.39, 0.29) is 6.04 Å². The average molecular weight is 203 g/mol. The molecule has 0 amide bonds. The van der Waals surface area contributed by atoms with Crippen LogP contribution in [0.2, 0.25) is 0 Å². The van der Waals surface area contributed by atoms with Gasteiger partial charge in [-0.25, -0.2) is 0 Å². The van der Waals surface area contributed by atoms with Gasteiger partial charge in [-0.2, -0.15) is 5.26 Å². The molecule has 1 aromatic carbocycles. The molecule has 0 aliphatic rings. The summed E-state index contributed by atoms with van der Waals surface area (Å²) in [4.78, 5) is 2.08. The van der Waals surface area contributed by atoms with Crippen molar-refractivity contribution in [1.29, 1.82) is 5.26 Å². The van der Waals surface area contributed by atoms with Crippen LogP contribution in [0, 0.1) is 11.3 Å². The van der Waals surface area contributed by atoms with E-state index in [4.69, 9.17) is 5.26 Å². The maximum atomic E-state index is 8.91. The first kappa shape index (κ1) is 11.5. The minimum atomic E-state index is -0.111. The maximum absolute atomic E-state index is 8.91. The third-order valence-electron chi connectivity index (χ3n) is 2.26. The highest BCUT2D eigenvalue weighted by molar-refractivity contribution is 5.45. The average Bonchev–Trinajstić information content (AvgIpc) is 2.29. The fourth-order valence-corrected chi connectivity index (χ4v) is 1.46. The molecule has 0 aromatic heterocycles. The van der Waals surface area contributed by atoms with E-state index in [1.54, 1.807) is 0 Å². The molecule has 0 radical (unpaired) electrons. The molecule has 1 unspecified atom stereocenters. The van der Waals surface area contributed by atoms with Crippen molar-refractivity contribution in [2.45, 2.75) is 13.0 Å². The lowest BCUT2D eigenvalue weighted by Crippen LogP contribution is -2.38. The van der Waals surface area contributed by atoms with Crippen LogP contribution >= 0.6 is 0 Å². The van der Waals surface area contributed by atoms with Crippen LogP contribution in [-0.4, -0.2) is 26.2 Å². The summed E-state index contributed by atoms with van der Waals surface area (Å²) in [5, 5.41) is 12.0. The van der Waals surface area contributed by atoms with Gasteiger partial charge in [-0.1, -0.05) is 25.1 Å². The minimum Gasteiger partial charge on any atom is -0.372 e. The number of benzene rings is 1. The Bertz CT molecular complexity index is 315. The van der Waals surface area contributed by atoms with Gasteiger partial charge in [-0.3, -0.25) is 0 Å². The largest absolute Gasteiger partial charge is 0.372 e. The van der Waals surface area contributed by atoms with E-state index >= 15 is 0 Å². The van der Waals surface area contributed by atoms with Gasteiger partial charge < -0.3 is 10.2 Å². The Hall–Kier alpha value is -1.53. The van der Waals surface area contributed by atoms with Crippen molar-refractivity contribution in [3.05, 3.63) is 30.3 Å². The minimum absolute atomic E-state index is 0.111. The van der Waals surface area contributed by atoms with E-state index in [0.717, 1.165) is 12.2 Å². The molecule has 0 bridgehead atoms. The number of nitriles is 1. The Kier molecular flexibility index (Phi) is 4.65. The normalized spacial score (nSPS) is 11.8. The summed E-state index contributed by atoms with van der Waals surface area (Å²) in [6, 6.07) is 12.2. The number of anilines is 1. The summed E-state index contributed by atoms with van der Waals surface area (Å²) in [5.74, 6) is 0. The molecule has 3 heteroatoms. The Morgan fingerprint density at radius 3 is 2.60 bits per heavy atom. The van der Waals surface area contributed by atoms with Crippen molar-refractivity contribution in [2.24, 2.45) is 0 Å². The Balaban J connectivity index is 2.55. The zero-order valence-electron chi connectivity index (χ0n) is 9.27. The van der Waals surface area contributed by atoms with Gasteiger partial charge in [0.05, 0.1) is 6.07 Å². The second-order valence-corrected chi connectivity index (χ2v) is 3.46. The first-order chi connectivity index (χ1) is 7.27. The molecule has 0 fully saturated rings. The van der Waals surface area contributed by atoms with Gasteiger partial charge in [0.15, 0.2) is 0 Å². The van der Waals surface area contributed by atoms with Crippen LogP contribution in [0.1, 0.15) is 6.92 Å². The fraction of sp³-hybridized carbons (Fsp3) is 0.417. The van der Waals surface area contributed by atoms with E-state index in [2.05, 4.69) is 16.3 Å². The number of hydrogen-bond donors (Lipinski definition) is 1. The van der Waals surface area contributed by atoms with E-state index in [0.29, 0.717) is 6.54 Å². The van der Waals surface area contributed by atoms with Crippen molar-refractivity contribution in [3.8, 4) is 6.07 Å². The molecule has 0 spiro atoms. The van der Waals surface area contributed by atoms with Crippen LogP contribution in [0.5, 0.6) is 0 Å². The summed E-state index contributed by atoms with van der Waals surface area (Å²) in [6.07, 6.45) is 0. The van der Waals surface area contributed by atoms with Gasteiger partial charge in [0.1, 0.15) is 6.04 Å². The SMILES string of the molecule is CCNC(C#N)CN(C)c1ccccc1. The predicted octanol–water partition coefficient (Wildman–Crippen LogP) is 1.62. The molecule has 0 aliphatic heterocycles. The third kappa shape index (κ3) is 3.61. The first-order valence-corrected chi connectivity index (χ1v) is 5.17. The van der Waals surface area contributed by atoms with Crippen LogP contribution in [0.25, 0.3) is 0 Å². The van der Waals surface area contributed by atoms with E-state index in [9.17, 15) is 0 Å². The molecule has 80 valence electrons. The second kappa shape index (κ2) is 6.05. The molecule has 1 N–H and O–H groups in total. The number of likely N-dealkylation sites (N-methyl/N-ethyl adjacent to an activating group) is 2.